The first-order chi connectivity index (χ1) is 13.7. The lowest BCUT2D eigenvalue weighted by molar-refractivity contribution is 0.288. The summed E-state index contributed by atoms with van der Waals surface area (Å²) in [5.41, 5.74) is 5.31. The highest BCUT2D eigenvalue weighted by molar-refractivity contribution is 5.97. The average molecular weight is 374 g/mol. The van der Waals surface area contributed by atoms with E-state index in [1.54, 1.807) is 6.20 Å². The van der Waals surface area contributed by atoms with Gasteiger partial charge >= 0.3 is 0 Å². The number of anilines is 3. The zero-order valence-corrected chi connectivity index (χ0v) is 16.0. The molecule has 4 rings (SSSR count). The summed E-state index contributed by atoms with van der Waals surface area (Å²) < 4.78 is 11.5. The summed E-state index contributed by atoms with van der Waals surface area (Å²) in [6, 6.07) is 12.2. The van der Waals surface area contributed by atoms with E-state index in [0.29, 0.717) is 30.3 Å². The van der Waals surface area contributed by atoms with Crippen LogP contribution in [0.2, 0.25) is 0 Å². The lowest BCUT2D eigenvalue weighted by Gasteiger charge is -2.16. The van der Waals surface area contributed by atoms with E-state index in [2.05, 4.69) is 33.8 Å². The molecule has 0 radical (unpaired) electrons. The maximum absolute atomic E-state index is 9.62. The molecule has 0 unspecified atom stereocenters. The normalized spacial score (nSPS) is 12.2. The lowest BCUT2D eigenvalue weighted by atomic mass is 10.1. The largest absolute Gasteiger partial charge is 0.490 e. The van der Waals surface area contributed by atoms with Crippen LogP contribution in [0.3, 0.4) is 0 Å². The molecule has 6 nitrogen and oxygen atoms in total. The number of pyridine rings is 1. The minimum atomic E-state index is 0.479. The van der Waals surface area contributed by atoms with Crippen molar-refractivity contribution in [1.29, 1.82) is 5.26 Å². The minimum Gasteiger partial charge on any atom is -0.490 e. The predicted molar refractivity (Wildman–Crippen MR) is 111 cm³/mol. The van der Waals surface area contributed by atoms with Gasteiger partial charge in [0.05, 0.1) is 30.0 Å². The Hall–Kier alpha value is -3.46. The number of aromatic nitrogens is 1. The van der Waals surface area contributed by atoms with Crippen molar-refractivity contribution in [2.24, 2.45) is 0 Å². The third-order valence-electron chi connectivity index (χ3n) is 4.74. The number of benzene rings is 2. The molecule has 1 aromatic heterocycles. The van der Waals surface area contributed by atoms with Crippen LogP contribution >= 0.6 is 0 Å². The summed E-state index contributed by atoms with van der Waals surface area (Å²) in [4.78, 5) is 4.45. The number of hydrogen-bond donors (Lipinski definition) is 2. The second-order valence-corrected chi connectivity index (χ2v) is 6.51. The Kier molecular flexibility index (Phi) is 4.90. The van der Waals surface area contributed by atoms with Gasteiger partial charge < -0.3 is 20.1 Å². The van der Waals surface area contributed by atoms with E-state index in [1.807, 2.05) is 32.0 Å². The number of nitriles is 1. The van der Waals surface area contributed by atoms with Crippen LogP contribution in [-0.4, -0.2) is 24.7 Å². The fourth-order valence-corrected chi connectivity index (χ4v) is 3.47. The van der Waals surface area contributed by atoms with Crippen molar-refractivity contribution in [1.82, 2.24) is 4.98 Å². The van der Waals surface area contributed by atoms with E-state index in [-0.39, 0.29) is 0 Å². The molecule has 0 aliphatic carbocycles. The first-order valence-electron chi connectivity index (χ1n) is 9.49. The van der Waals surface area contributed by atoms with Gasteiger partial charge in [-0.2, -0.15) is 5.26 Å². The van der Waals surface area contributed by atoms with E-state index < -0.39 is 0 Å². The van der Waals surface area contributed by atoms with Gasteiger partial charge in [-0.3, -0.25) is 4.98 Å². The molecule has 3 aromatic rings. The van der Waals surface area contributed by atoms with E-state index in [9.17, 15) is 5.26 Å². The van der Waals surface area contributed by atoms with Crippen LogP contribution in [0.4, 0.5) is 17.1 Å². The van der Waals surface area contributed by atoms with E-state index in [4.69, 9.17) is 9.47 Å². The van der Waals surface area contributed by atoms with Crippen molar-refractivity contribution in [3.8, 4) is 17.6 Å². The summed E-state index contributed by atoms with van der Waals surface area (Å²) in [5.74, 6) is 1.30. The number of hydrogen-bond acceptors (Lipinski definition) is 6. The molecule has 2 aromatic carbocycles. The maximum atomic E-state index is 9.62. The van der Waals surface area contributed by atoms with Crippen molar-refractivity contribution < 1.29 is 9.47 Å². The molecule has 1 aliphatic heterocycles. The second kappa shape index (κ2) is 7.65. The van der Waals surface area contributed by atoms with Gasteiger partial charge in [0.15, 0.2) is 11.5 Å². The number of ether oxygens (including phenoxy) is 2. The SMILES string of the molecule is CCOc1cc2ncc(C#N)c(Nc3ccc4c(c3)NCC4)c2cc1OCC. The Labute approximate surface area is 164 Å². The smallest absolute Gasteiger partial charge is 0.163 e. The average Bonchev–Trinajstić information content (AvgIpc) is 3.17. The number of rotatable bonds is 6. The van der Waals surface area contributed by atoms with Crippen LogP contribution in [0.25, 0.3) is 10.9 Å². The van der Waals surface area contributed by atoms with Crippen LogP contribution in [0.15, 0.2) is 36.5 Å². The van der Waals surface area contributed by atoms with Gasteiger partial charge in [-0.1, -0.05) is 6.07 Å². The molecule has 0 atom stereocenters. The highest BCUT2D eigenvalue weighted by Crippen LogP contribution is 2.38. The van der Waals surface area contributed by atoms with Crippen molar-refractivity contribution in [3.05, 3.63) is 47.7 Å². The van der Waals surface area contributed by atoms with Crippen molar-refractivity contribution >= 4 is 28.0 Å². The van der Waals surface area contributed by atoms with Gasteiger partial charge in [0.25, 0.3) is 0 Å². The van der Waals surface area contributed by atoms with Crippen molar-refractivity contribution in [3.63, 3.8) is 0 Å². The molecule has 142 valence electrons. The molecular weight excluding hydrogens is 352 g/mol. The molecule has 2 N–H and O–H groups in total. The first kappa shape index (κ1) is 17.9. The fraction of sp³-hybridized carbons (Fsp3) is 0.273. The molecule has 1 aliphatic rings. The Bertz CT molecular complexity index is 1070. The zero-order chi connectivity index (χ0) is 19.5. The zero-order valence-electron chi connectivity index (χ0n) is 16.0. The van der Waals surface area contributed by atoms with Crippen molar-refractivity contribution in [2.75, 3.05) is 30.4 Å². The number of nitrogens with one attached hydrogen (secondary N) is 2. The van der Waals surface area contributed by atoms with Gasteiger partial charge in [0, 0.05) is 35.6 Å². The van der Waals surface area contributed by atoms with Gasteiger partial charge in [-0.05, 0) is 44.0 Å². The summed E-state index contributed by atoms with van der Waals surface area (Å²) in [6.07, 6.45) is 2.63. The van der Waals surface area contributed by atoms with Crippen LogP contribution in [0.1, 0.15) is 25.0 Å². The standard InChI is InChI=1S/C22H22N4O2/c1-3-27-20-10-17-19(11-21(20)28-4-2)25-13-15(12-23)22(17)26-16-6-5-14-7-8-24-18(14)9-16/h5-6,9-11,13,24H,3-4,7-8H2,1-2H3,(H,25,26). The van der Waals surface area contributed by atoms with Crippen LogP contribution in [0, 0.1) is 11.3 Å². The van der Waals surface area contributed by atoms with E-state index in [1.165, 1.54) is 5.56 Å². The molecule has 0 fully saturated rings. The van der Waals surface area contributed by atoms with Gasteiger partial charge in [-0.25, -0.2) is 0 Å². The topological polar surface area (TPSA) is 79.2 Å². The number of fused-ring (bicyclic) bond motifs is 2. The molecule has 2 heterocycles. The maximum Gasteiger partial charge on any atom is 0.163 e. The molecule has 0 spiro atoms. The van der Waals surface area contributed by atoms with Gasteiger partial charge in [0.1, 0.15) is 6.07 Å². The molecule has 0 saturated heterocycles. The summed E-state index contributed by atoms with van der Waals surface area (Å²) >= 11 is 0. The van der Waals surface area contributed by atoms with E-state index in [0.717, 1.165) is 40.9 Å². The Morgan fingerprint density at radius 3 is 2.68 bits per heavy atom. The molecule has 0 amide bonds. The Morgan fingerprint density at radius 1 is 1.14 bits per heavy atom. The molecule has 0 saturated carbocycles. The summed E-state index contributed by atoms with van der Waals surface area (Å²) in [6.45, 7) is 5.88. The second-order valence-electron chi connectivity index (χ2n) is 6.51. The predicted octanol–water partition coefficient (Wildman–Crippen LogP) is 4.62. The van der Waals surface area contributed by atoms with Crippen molar-refractivity contribution in [2.45, 2.75) is 20.3 Å². The van der Waals surface area contributed by atoms with Crippen LogP contribution in [0.5, 0.6) is 11.5 Å². The monoisotopic (exact) mass is 374 g/mol. The Morgan fingerprint density at radius 2 is 1.93 bits per heavy atom. The van der Waals surface area contributed by atoms with Gasteiger partial charge in [0.2, 0.25) is 0 Å². The summed E-state index contributed by atoms with van der Waals surface area (Å²) in [7, 11) is 0. The van der Waals surface area contributed by atoms with E-state index >= 15 is 0 Å². The summed E-state index contributed by atoms with van der Waals surface area (Å²) in [5, 5.41) is 17.2. The molecule has 0 bridgehead atoms. The fourth-order valence-electron chi connectivity index (χ4n) is 3.47. The van der Waals surface area contributed by atoms with Gasteiger partial charge in [-0.15, -0.1) is 0 Å². The van der Waals surface area contributed by atoms with Crippen LogP contribution in [-0.2, 0) is 6.42 Å². The molecular formula is C22H22N4O2. The highest BCUT2D eigenvalue weighted by atomic mass is 16.5. The first-order valence-corrected chi connectivity index (χ1v) is 9.49. The molecule has 28 heavy (non-hydrogen) atoms. The Balaban J connectivity index is 1.83. The lowest BCUT2D eigenvalue weighted by Crippen LogP contribution is -2.01. The third kappa shape index (κ3) is 3.27. The minimum absolute atomic E-state index is 0.479. The highest BCUT2D eigenvalue weighted by Gasteiger charge is 2.16. The quantitative estimate of drug-likeness (QED) is 0.656. The van der Waals surface area contributed by atoms with Crippen LogP contribution < -0.4 is 20.1 Å². The molecule has 6 heteroatoms. The third-order valence-corrected chi connectivity index (χ3v) is 4.74. The number of nitrogens with zero attached hydrogens (tertiary/aromatic N) is 2.